The van der Waals surface area contributed by atoms with Gasteiger partial charge in [0.15, 0.2) is 5.69 Å². The lowest BCUT2D eigenvalue weighted by Crippen LogP contribution is -2.17. The smallest absolute Gasteiger partial charge is 0.356 e. The lowest BCUT2D eigenvalue weighted by atomic mass is 10.00. The lowest BCUT2D eigenvalue weighted by molar-refractivity contribution is 0.0691. The number of pyridine rings is 2. The number of fused-ring (bicyclic) bond motifs is 2. The number of aryl methyl sites for hydroxylation is 1. The summed E-state index contributed by atoms with van der Waals surface area (Å²) in [5, 5.41) is 14.0. The van der Waals surface area contributed by atoms with Crippen LogP contribution < -0.4 is 10.2 Å². The molecular weight excluding hydrogens is 436 g/mol. The summed E-state index contributed by atoms with van der Waals surface area (Å²) in [6, 6.07) is 19.9. The maximum atomic E-state index is 11.7. The average Bonchev–Trinajstić information content (AvgIpc) is 3.23. The van der Waals surface area contributed by atoms with Crippen LogP contribution in [0.4, 0.5) is 11.5 Å². The highest BCUT2D eigenvalue weighted by molar-refractivity contribution is 6.29. The molecule has 2 N–H and O–H groups in total. The molecule has 6 nitrogen and oxygen atoms in total. The first-order chi connectivity index (χ1) is 15.9. The van der Waals surface area contributed by atoms with Gasteiger partial charge in [-0.2, -0.15) is 0 Å². The zero-order valence-corrected chi connectivity index (χ0v) is 19.1. The van der Waals surface area contributed by atoms with Gasteiger partial charge in [0, 0.05) is 24.0 Å². The Hall–Kier alpha value is -3.64. The van der Waals surface area contributed by atoms with Crippen molar-refractivity contribution < 1.29 is 9.90 Å². The predicted octanol–water partition coefficient (Wildman–Crippen LogP) is 5.98. The van der Waals surface area contributed by atoms with Gasteiger partial charge in [-0.15, -0.1) is 0 Å². The third-order valence-electron chi connectivity index (χ3n) is 6.02. The molecule has 0 bridgehead atoms. The van der Waals surface area contributed by atoms with Crippen molar-refractivity contribution in [3.05, 3.63) is 93.8 Å². The van der Waals surface area contributed by atoms with Crippen molar-refractivity contribution in [3.8, 4) is 0 Å². The van der Waals surface area contributed by atoms with Crippen molar-refractivity contribution in [1.82, 2.24) is 9.97 Å². The van der Waals surface area contributed by atoms with E-state index in [1.54, 1.807) is 12.1 Å². The highest BCUT2D eigenvalue weighted by atomic mass is 35.5. The van der Waals surface area contributed by atoms with Gasteiger partial charge in [0.25, 0.3) is 0 Å². The lowest BCUT2D eigenvalue weighted by Gasteiger charge is -2.21. The highest BCUT2D eigenvalue weighted by Crippen LogP contribution is 2.32. The molecule has 1 atom stereocenters. The van der Waals surface area contributed by atoms with E-state index in [1.165, 1.54) is 11.1 Å². The molecule has 2 aromatic heterocycles. The summed E-state index contributed by atoms with van der Waals surface area (Å²) in [7, 11) is 0. The van der Waals surface area contributed by atoms with E-state index in [0.29, 0.717) is 5.69 Å². The van der Waals surface area contributed by atoms with Crippen molar-refractivity contribution in [2.75, 3.05) is 10.2 Å². The largest absolute Gasteiger partial charge is 0.476 e. The van der Waals surface area contributed by atoms with Crippen molar-refractivity contribution >= 4 is 40.0 Å². The number of carboxylic acids is 1. The van der Waals surface area contributed by atoms with Crippen LogP contribution in [0.15, 0.2) is 60.7 Å². The zero-order chi connectivity index (χ0) is 23.1. The molecule has 4 aromatic rings. The molecule has 1 aliphatic rings. The van der Waals surface area contributed by atoms with Crippen LogP contribution in [0, 0.1) is 6.92 Å². The van der Waals surface area contributed by atoms with E-state index in [9.17, 15) is 9.90 Å². The number of nitrogens with one attached hydrogen (secondary N) is 1. The first kappa shape index (κ1) is 21.2. The third kappa shape index (κ3) is 4.10. The van der Waals surface area contributed by atoms with Gasteiger partial charge in [0.1, 0.15) is 11.0 Å². The van der Waals surface area contributed by atoms with E-state index in [2.05, 4.69) is 63.7 Å². The Labute approximate surface area is 196 Å². The van der Waals surface area contributed by atoms with Crippen LogP contribution in [0.25, 0.3) is 10.9 Å². The number of carboxylic acid groups (broad SMARTS) is 1. The normalized spacial score (nSPS) is 13.7. The van der Waals surface area contributed by atoms with Gasteiger partial charge in [-0.25, -0.2) is 14.8 Å². The van der Waals surface area contributed by atoms with Crippen molar-refractivity contribution in [3.63, 3.8) is 0 Å². The van der Waals surface area contributed by atoms with E-state index in [-0.39, 0.29) is 16.9 Å². The number of halogens is 1. The highest BCUT2D eigenvalue weighted by Gasteiger charge is 2.21. The Balaban J connectivity index is 1.52. The maximum absolute atomic E-state index is 11.7. The molecule has 2 aromatic carbocycles. The number of hydrogen-bond donors (Lipinski definition) is 2. The number of anilines is 2. The summed E-state index contributed by atoms with van der Waals surface area (Å²) in [5.74, 6) is -0.203. The minimum absolute atomic E-state index is 0.102. The molecule has 0 radical (unpaired) electrons. The van der Waals surface area contributed by atoms with Gasteiger partial charge in [0.05, 0.1) is 17.2 Å². The number of rotatable bonds is 5. The average molecular weight is 459 g/mol. The van der Waals surface area contributed by atoms with Crippen LogP contribution in [-0.4, -0.2) is 21.0 Å². The van der Waals surface area contributed by atoms with E-state index >= 15 is 0 Å². The molecule has 5 rings (SSSR count). The van der Waals surface area contributed by atoms with Crippen LogP contribution in [0.1, 0.15) is 45.7 Å². The van der Waals surface area contributed by atoms with Gasteiger partial charge in [-0.1, -0.05) is 47.5 Å². The molecule has 0 amide bonds. The molecule has 166 valence electrons. The van der Waals surface area contributed by atoms with Gasteiger partial charge >= 0.3 is 5.97 Å². The van der Waals surface area contributed by atoms with Crippen molar-refractivity contribution in [2.45, 2.75) is 33.0 Å². The molecule has 0 unspecified atom stereocenters. The fraction of sp³-hybridized carbons (Fsp3) is 0.192. The number of aromatic nitrogens is 2. The van der Waals surface area contributed by atoms with Crippen LogP contribution in [0.5, 0.6) is 0 Å². The van der Waals surface area contributed by atoms with E-state index < -0.39 is 5.97 Å². The number of nitrogens with zero attached hydrogens (tertiary/aromatic N) is 3. The molecule has 0 spiro atoms. The fourth-order valence-electron chi connectivity index (χ4n) is 4.44. The Morgan fingerprint density at radius 1 is 1.06 bits per heavy atom. The molecule has 1 aliphatic heterocycles. The first-order valence-electron chi connectivity index (χ1n) is 10.8. The van der Waals surface area contributed by atoms with Crippen LogP contribution >= 0.6 is 11.6 Å². The van der Waals surface area contributed by atoms with Gasteiger partial charge < -0.3 is 15.3 Å². The van der Waals surface area contributed by atoms with Crippen LogP contribution in [0.3, 0.4) is 0 Å². The molecule has 0 saturated heterocycles. The molecule has 3 heterocycles. The van der Waals surface area contributed by atoms with Crippen molar-refractivity contribution in [2.24, 2.45) is 0 Å². The summed E-state index contributed by atoms with van der Waals surface area (Å²) in [4.78, 5) is 23.0. The Morgan fingerprint density at radius 3 is 2.48 bits per heavy atom. The monoisotopic (exact) mass is 458 g/mol. The second kappa shape index (κ2) is 8.37. The molecule has 7 heteroatoms. The number of carbonyl (C=O) groups is 1. The Bertz CT molecular complexity index is 1360. The predicted molar refractivity (Wildman–Crippen MR) is 131 cm³/mol. The summed E-state index contributed by atoms with van der Waals surface area (Å²) in [6.45, 7) is 5.71. The van der Waals surface area contributed by atoms with Crippen LogP contribution in [0.2, 0.25) is 5.15 Å². The van der Waals surface area contributed by atoms with Crippen LogP contribution in [-0.2, 0) is 13.1 Å². The topological polar surface area (TPSA) is 78.3 Å². The van der Waals surface area contributed by atoms with E-state index in [0.717, 1.165) is 40.9 Å². The minimum Gasteiger partial charge on any atom is -0.476 e. The third-order valence-corrected chi connectivity index (χ3v) is 6.23. The van der Waals surface area contributed by atoms with E-state index in [1.807, 2.05) is 13.8 Å². The Kier molecular flexibility index (Phi) is 5.38. The molecule has 0 saturated carbocycles. The van der Waals surface area contributed by atoms with Crippen molar-refractivity contribution in [1.29, 1.82) is 0 Å². The van der Waals surface area contributed by atoms with Gasteiger partial charge in [0.2, 0.25) is 0 Å². The second-order valence-electron chi connectivity index (χ2n) is 8.42. The molecule has 0 aliphatic carbocycles. The minimum atomic E-state index is -1.13. The molecular formula is C26H23ClN4O2. The first-order valence-corrected chi connectivity index (χ1v) is 11.2. The summed E-state index contributed by atoms with van der Waals surface area (Å²) >= 11 is 5.91. The standard InChI is InChI=1S/C26H23ClN4O2/c1-15-11-17-7-10-23(31-13-18-5-3-4-6-19(18)14-31)30-24(17)20(12-15)16(2)28-21-8-9-22(27)29-25(21)26(32)33/h3-12,16,28H,13-14H2,1-2H3,(H,32,33)/t16-/m0/s1. The number of hydrogen-bond acceptors (Lipinski definition) is 5. The van der Waals surface area contributed by atoms with E-state index in [4.69, 9.17) is 16.6 Å². The molecule has 33 heavy (non-hydrogen) atoms. The van der Waals surface area contributed by atoms with Gasteiger partial charge in [-0.3, -0.25) is 0 Å². The number of benzene rings is 2. The van der Waals surface area contributed by atoms with Gasteiger partial charge in [-0.05, 0) is 55.3 Å². The Morgan fingerprint density at radius 2 is 1.79 bits per heavy atom. The SMILES string of the molecule is Cc1cc([C@H](C)Nc2ccc(Cl)nc2C(=O)O)c2nc(N3Cc4ccccc4C3)ccc2c1. The number of aromatic carboxylic acids is 1. The second-order valence-corrected chi connectivity index (χ2v) is 8.81. The summed E-state index contributed by atoms with van der Waals surface area (Å²) in [6.07, 6.45) is 0. The zero-order valence-electron chi connectivity index (χ0n) is 18.3. The maximum Gasteiger partial charge on any atom is 0.356 e. The quantitative estimate of drug-likeness (QED) is 0.358. The fourth-order valence-corrected chi connectivity index (χ4v) is 4.58. The molecule has 0 fully saturated rings. The summed E-state index contributed by atoms with van der Waals surface area (Å²) < 4.78 is 0. The summed E-state index contributed by atoms with van der Waals surface area (Å²) in [5.41, 5.74) is 5.98.